The van der Waals surface area contributed by atoms with E-state index in [1.54, 1.807) is 0 Å². The number of hydrogen-bond donors (Lipinski definition) is 5. The number of aliphatic hydroxyl groups is 4. The Morgan fingerprint density at radius 2 is 1.24 bits per heavy atom. The minimum atomic E-state index is -8.13. The van der Waals surface area contributed by atoms with E-state index in [9.17, 15) is 82.3 Å². The summed E-state index contributed by atoms with van der Waals surface area (Å²) in [6.45, 7) is 0. The van der Waals surface area contributed by atoms with Gasteiger partial charge in [-0.05, 0) is 0 Å². The fourth-order valence-corrected chi connectivity index (χ4v) is 2.72. The van der Waals surface area contributed by atoms with Crippen molar-refractivity contribution in [2.45, 2.75) is 78.8 Å². The van der Waals surface area contributed by atoms with Gasteiger partial charge in [-0.1, -0.05) is 0 Å². The molecular formula is C14H13F13O7. The zero-order valence-electron chi connectivity index (χ0n) is 15.7. The van der Waals surface area contributed by atoms with Crippen molar-refractivity contribution in [3.05, 3.63) is 0 Å². The van der Waals surface area contributed by atoms with E-state index in [4.69, 9.17) is 5.11 Å². The average molecular weight is 540 g/mol. The molecule has 0 aromatic rings. The monoisotopic (exact) mass is 540 g/mol. The van der Waals surface area contributed by atoms with Crippen LogP contribution in [0, 0.1) is 0 Å². The minimum absolute atomic E-state index is 2.20. The molecule has 0 aliphatic carbocycles. The molecule has 5 N–H and O–H groups in total. The predicted molar refractivity (Wildman–Crippen MR) is 75.5 cm³/mol. The number of aliphatic hydroxyl groups excluding tert-OH is 3. The third-order valence-electron chi connectivity index (χ3n) is 4.82. The Kier molecular flexibility index (Phi) is 7.59. The summed E-state index contributed by atoms with van der Waals surface area (Å²) in [5.41, 5.74) is 0. The van der Waals surface area contributed by atoms with E-state index in [0.29, 0.717) is 0 Å². The molecular weight excluding hydrogens is 527 g/mol. The Bertz CT molecular complexity index is 772. The van der Waals surface area contributed by atoms with Gasteiger partial charge in [0.25, 0.3) is 0 Å². The number of ether oxygens (including phenoxy) is 1. The third-order valence-corrected chi connectivity index (χ3v) is 4.82. The largest absolute Gasteiger partial charge is 0.479 e. The van der Waals surface area contributed by atoms with Crippen molar-refractivity contribution in [2.75, 3.05) is 0 Å². The first-order chi connectivity index (χ1) is 14.7. The Morgan fingerprint density at radius 1 is 0.824 bits per heavy atom. The Hall–Kier alpha value is -1.64. The number of carboxylic acids is 1. The van der Waals surface area contributed by atoms with Crippen LogP contribution < -0.4 is 0 Å². The smallest absolute Gasteiger partial charge is 0.460 e. The molecule has 0 spiro atoms. The molecule has 1 saturated heterocycles. The van der Waals surface area contributed by atoms with E-state index in [0.717, 1.165) is 0 Å². The van der Waals surface area contributed by atoms with Gasteiger partial charge in [0, 0.05) is 12.8 Å². The second-order valence-corrected chi connectivity index (χ2v) is 7.15. The highest BCUT2D eigenvalue weighted by Crippen LogP contribution is 2.61. The van der Waals surface area contributed by atoms with Crippen LogP contribution in [0.2, 0.25) is 0 Å². The van der Waals surface area contributed by atoms with Gasteiger partial charge in [0.2, 0.25) is 0 Å². The topological polar surface area (TPSA) is 127 Å². The first-order valence-electron chi connectivity index (χ1n) is 8.36. The number of hydrogen-bond acceptors (Lipinski definition) is 6. The van der Waals surface area contributed by atoms with E-state index in [-0.39, 0.29) is 0 Å². The van der Waals surface area contributed by atoms with Crippen molar-refractivity contribution in [1.82, 2.24) is 0 Å². The Labute approximate surface area is 178 Å². The Morgan fingerprint density at radius 3 is 1.62 bits per heavy atom. The van der Waals surface area contributed by atoms with Gasteiger partial charge in [-0.3, -0.25) is 0 Å². The summed E-state index contributed by atoms with van der Waals surface area (Å²) in [6, 6.07) is 0. The minimum Gasteiger partial charge on any atom is -0.479 e. The molecule has 34 heavy (non-hydrogen) atoms. The molecule has 1 fully saturated rings. The van der Waals surface area contributed by atoms with E-state index in [1.165, 1.54) is 0 Å². The van der Waals surface area contributed by atoms with Crippen molar-refractivity contribution < 1.29 is 92.1 Å². The van der Waals surface area contributed by atoms with Gasteiger partial charge in [-0.2, -0.15) is 57.1 Å². The number of carbonyl (C=O) groups is 1. The highest BCUT2D eigenvalue weighted by Gasteiger charge is 2.90. The molecule has 1 aliphatic heterocycles. The van der Waals surface area contributed by atoms with Crippen LogP contribution >= 0.6 is 0 Å². The van der Waals surface area contributed by atoms with Crippen LogP contribution in [0.25, 0.3) is 0 Å². The first-order valence-corrected chi connectivity index (χ1v) is 8.36. The zero-order chi connectivity index (χ0) is 27.5. The van der Waals surface area contributed by atoms with Crippen LogP contribution in [0.1, 0.15) is 12.8 Å². The zero-order valence-corrected chi connectivity index (χ0v) is 15.7. The fraction of sp³-hybridized carbons (Fsp3) is 0.929. The van der Waals surface area contributed by atoms with Crippen LogP contribution in [-0.4, -0.2) is 97.5 Å². The normalized spacial score (nSPS) is 28.8. The van der Waals surface area contributed by atoms with E-state index < -0.39 is 84.8 Å². The average Bonchev–Trinajstić information content (AvgIpc) is 2.89. The third kappa shape index (κ3) is 4.37. The van der Waals surface area contributed by atoms with E-state index in [2.05, 4.69) is 4.74 Å². The number of alkyl halides is 13. The molecule has 1 heterocycles. The molecule has 7 nitrogen and oxygen atoms in total. The van der Waals surface area contributed by atoms with Gasteiger partial charge in [0.1, 0.15) is 18.3 Å². The fourth-order valence-electron chi connectivity index (χ4n) is 2.72. The van der Waals surface area contributed by atoms with E-state index in [1.807, 2.05) is 0 Å². The summed E-state index contributed by atoms with van der Waals surface area (Å²) in [6.07, 6.45) is -23.7. The molecule has 0 aromatic carbocycles. The molecule has 0 amide bonds. The van der Waals surface area contributed by atoms with Crippen molar-refractivity contribution in [3.8, 4) is 0 Å². The molecule has 0 bridgehead atoms. The molecule has 20 heteroatoms. The molecule has 0 aromatic heterocycles. The predicted octanol–water partition coefficient (Wildman–Crippen LogP) is 1.76. The standard InChI is InChI=1S/C14H13F13O7/c15-9(16,2-1-8(33)6(30)3(28)5(34-8)4(29)7(31)32)10(17,18)11(19,20)12(21,22)13(23,24)14(25,26)27/h3-6,28-30,33H,1-2H2,(H,31,32)/t3-,4-,5-,6+,8+/m0/s1. The summed E-state index contributed by atoms with van der Waals surface area (Å²) < 4.78 is 174. The van der Waals surface area contributed by atoms with Gasteiger partial charge in [-0.15, -0.1) is 0 Å². The van der Waals surface area contributed by atoms with Crippen LogP contribution in [0.4, 0.5) is 57.1 Å². The maximum atomic E-state index is 13.8. The molecule has 5 atom stereocenters. The summed E-state index contributed by atoms with van der Waals surface area (Å²) in [5, 5.41) is 46.7. The summed E-state index contributed by atoms with van der Waals surface area (Å²) >= 11 is 0. The van der Waals surface area contributed by atoms with Gasteiger partial charge >= 0.3 is 41.8 Å². The van der Waals surface area contributed by atoms with Crippen molar-refractivity contribution in [3.63, 3.8) is 0 Å². The second kappa shape index (κ2) is 8.49. The summed E-state index contributed by atoms with van der Waals surface area (Å²) in [5.74, 6) is -44.3. The first kappa shape index (κ1) is 30.4. The quantitative estimate of drug-likeness (QED) is 0.282. The highest BCUT2D eigenvalue weighted by atomic mass is 19.4. The van der Waals surface area contributed by atoms with Crippen LogP contribution in [0.15, 0.2) is 0 Å². The highest BCUT2D eigenvalue weighted by molar-refractivity contribution is 5.73. The van der Waals surface area contributed by atoms with Crippen LogP contribution in [0.3, 0.4) is 0 Å². The van der Waals surface area contributed by atoms with Crippen molar-refractivity contribution in [1.29, 1.82) is 0 Å². The molecule has 0 saturated carbocycles. The van der Waals surface area contributed by atoms with Gasteiger partial charge in [0.05, 0.1) is 0 Å². The second-order valence-electron chi connectivity index (χ2n) is 7.15. The van der Waals surface area contributed by atoms with Crippen molar-refractivity contribution >= 4 is 5.97 Å². The van der Waals surface area contributed by atoms with Gasteiger partial charge in [-0.25, -0.2) is 4.79 Å². The van der Waals surface area contributed by atoms with Gasteiger partial charge in [0.15, 0.2) is 11.9 Å². The lowest BCUT2D eigenvalue weighted by Gasteiger charge is -2.40. The number of aliphatic carboxylic acids is 1. The van der Waals surface area contributed by atoms with Crippen LogP contribution in [-0.2, 0) is 9.53 Å². The van der Waals surface area contributed by atoms with E-state index >= 15 is 0 Å². The van der Waals surface area contributed by atoms with Crippen LogP contribution in [0.5, 0.6) is 0 Å². The summed E-state index contributed by atoms with van der Waals surface area (Å²) in [7, 11) is 0. The Balaban J connectivity index is 3.26. The van der Waals surface area contributed by atoms with Crippen molar-refractivity contribution in [2.24, 2.45) is 0 Å². The molecule has 1 aliphatic rings. The lowest BCUT2D eigenvalue weighted by Crippen LogP contribution is -2.70. The number of carboxylic acid groups (broad SMARTS) is 1. The number of rotatable bonds is 9. The lowest BCUT2D eigenvalue weighted by molar-refractivity contribution is -0.440. The lowest BCUT2D eigenvalue weighted by atomic mass is 9.90. The molecule has 0 unspecified atom stereocenters. The number of halogens is 13. The maximum absolute atomic E-state index is 13.8. The SMILES string of the molecule is O=C(O)[C@@H](O)[C@H]1O[C@](O)(CCC(F)(F)C(F)(F)C(F)(F)C(F)(F)C(F)(F)C(F)(F)F)[C@H](O)[C@H]1O. The van der Waals surface area contributed by atoms with Gasteiger partial charge < -0.3 is 30.3 Å². The summed E-state index contributed by atoms with van der Waals surface area (Å²) in [4.78, 5) is 10.6. The maximum Gasteiger partial charge on any atom is 0.460 e. The molecule has 0 radical (unpaired) electrons. The molecule has 202 valence electrons. The molecule has 1 rings (SSSR count).